The van der Waals surface area contributed by atoms with Crippen molar-refractivity contribution in [3.63, 3.8) is 0 Å². The molecule has 0 bridgehead atoms. The second-order valence-electron chi connectivity index (χ2n) is 8.80. The Balaban J connectivity index is 0.000000287. The Morgan fingerprint density at radius 3 is 2.52 bits per heavy atom. The Bertz CT molecular complexity index is 874. The van der Waals surface area contributed by atoms with Crippen molar-refractivity contribution < 1.29 is 18.7 Å². The van der Waals surface area contributed by atoms with Gasteiger partial charge in [0.15, 0.2) is 0 Å². The Kier molecular flexibility index (Phi) is 7.78. The van der Waals surface area contributed by atoms with Crippen LogP contribution in [0.4, 0.5) is 14.5 Å². The SMILES string of the molecule is CC(C)N1CC(O)C1.CC1CC(NC=O)CN(c2ccc(C(F)F)c3ncccc23)C1. The fourth-order valence-corrected chi connectivity index (χ4v) is 4.31. The first kappa shape index (κ1) is 23.3. The summed E-state index contributed by atoms with van der Waals surface area (Å²) in [5, 5.41) is 12.4. The van der Waals surface area contributed by atoms with Crippen molar-refractivity contribution in [3.05, 3.63) is 36.0 Å². The maximum Gasteiger partial charge on any atom is 0.265 e. The summed E-state index contributed by atoms with van der Waals surface area (Å²) >= 11 is 0. The number of benzene rings is 1. The average Bonchev–Trinajstić information content (AvgIpc) is 2.70. The number of pyridine rings is 1. The number of halogens is 2. The summed E-state index contributed by atoms with van der Waals surface area (Å²) < 4.78 is 26.4. The number of aliphatic hydroxyl groups excluding tert-OH is 1. The Hall–Kier alpha value is -2.32. The molecule has 1 aromatic carbocycles. The molecule has 0 radical (unpaired) electrons. The summed E-state index contributed by atoms with van der Waals surface area (Å²) in [6, 6.07) is 7.45. The minimum atomic E-state index is -2.55. The third-order valence-electron chi connectivity index (χ3n) is 5.94. The van der Waals surface area contributed by atoms with E-state index in [1.165, 1.54) is 12.3 Å². The molecule has 2 unspecified atom stereocenters. The van der Waals surface area contributed by atoms with E-state index >= 15 is 0 Å². The smallest absolute Gasteiger partial charge is 0.265 e. The van der Waals surface area contributed by atoms with E-state index in [1.807, 2.05) is 6.07 Å². The predicted octanol–water partition coefficient (Wildman–Crippen LogP) is 3.20. The fourth-order valence-electron chi connectivity index (χ4n) is 4.31. The number of anilines is 1. The van der Waals surface area contributed by atoms with Crippen LogP contribution in [0.2, 0.25) is 0 Å². The zero-order chi connectivity index (χ0) is 22.5. The highest BCUT2D eigenvalue weighted by molar-refractivity contribution is 5.94. The molecule has 0 spiro atoms. The van der Waals surface area contributed by atoms with Gasteiger partial charge in [-0.2, -0.15) is 0 Å². The average molecular weight is 435 g/mol. The molecule has 6 nitrogen and oxygen atoms in total. The van der Waals surface area contributed by atoms with Gasteiger partial charge in [0.1, 0.15) is 0 Å². The highest BCUT2D eigenvalue weighted by atomic mass is 19.3. The topological polar surface area (TPSA) is 68.7 Å². The molecule has 0 aliphatic carbocycles. The number of amides is 1. The first-order valence-corrected chi connectivity index (χ1v) is 10.8. The maximum atomic E-state index is 13.2. The number of fused-ring (bicyclic) bond motifs is 1. The van der Waals surface area contributed by atoms with Crippen LogP contribution in [0.25, 0.3) is 10.9 Å². The number of aliphatic hydroxyl groups is 1. The van der Waals surface area contributed by atoms with Crippen molar-refractivity contribution in [1.82, 2.24) is 15.2 Å². The molecule has 2 aromatic rings. The van der Waals surface area contributed by atoms with Gasteiger partial charge < -0.3 is 15.3 Å². The summed E-state index contributed by atoms with van der Waals surface area (Å²) in [5.74, 6) is 0.405. The second-order valence-corrected chi connectivity index (χ2v) is 8.80. The zero-order valence-corrected chi connectivity index (χ0v) is 18.3. The normalized spacial score (nSPS) is 22.3. The molecule has 2 aliphatic heterocycles. The number of carbonyl (C=O) groups is 1. The number of likely N-dealkylation sites (tertiary alicyclic amines) is 1. The van der Waals surface area contributed by atoms with Crippen LogP contribution in [0.5, 0.6) is 0 Å². The van der Waals surface area contributed by atoms with Crippen LogP contribution >= 0.6 is 0 Å². The number of carbonyl (C=O) groups excluding carboxylic acids is 1. The van der Waals surface area contributed by atoms with Crippen LogP contribution in [-0.4, -0.2) is 65.8 Å². The third-order valence-corrected chi connectivity index (χ3v) is 5.94. The molecule has 0 saturated carbocycles. The van der Waals surface area contributed by atoms with Crippen molar-refractivity contribution in [3.8, 4) is 0 Å². The lowest BCUT2D eigenvalue weighted by Gasteiger charge is -2.38. The molecule has 2 atom stereocenters. The first-order valence-electron chi connectivity index (χ1n) is 10.8. The number of rotatable bonds is 5. The predicted molar refractivity (Wildman–Crippen MR) is 118 cm³/mol. The summed E-state index contributed by atoms with van der Waals surface area (Å²) in [6.07, 6.45) is 0.581. The number of nitrogens with zero attached hydrogens (tertiary/aromatic N) is 3. The van der Waals surface area contributed by atoms with Gasteiger partial charge in [-0.1, -0.05) is 6.92 Å². The van der Waals surface area contributed by atoms with Crippen molar-refractivity contribution in [1.29, 1.82) is 0 Å². The monoisotopic (exact) mass is 434 g/mol. The minimum Gasteiger partial charge on any atom is -0.390 e. The van der Waals surface area contributed by atoms with E-state index in [1.54, 1.807) is 12.1 Å². The standard InChI is InChI=1S/C17H19F2N3O.C6H13NO/c1-11-7-12(21-10-23)9-22(8-11)15-5-4-14(17(18)19)16-13(15)3-2-6-20-16;1-5(2)7-3-6(8)4-7/h2-6,10-12,17H,7-9H2,1H3,(H,21,23);5-6,8H,3-4H2,1-2H3. The van der Waals surface area contributed by atoms with E-state index in [0.29, 0.717) is 24.0 Å². The zero-order valence-electron chi connectivity index (χ0n) is 18.3. The number of β-amino-alcohol motifs (C(OH)–C–C–N with tert-alkyl or cyclic N) is 1. The van der Waals surface area contributed by atoms with Gasteiger partial charge in [-0.25, -0.2) is 8.78 Å². The van der Waals surface area contributed by atoms with Gasteiger partial charge in [-0.15, -0.1) is 0 Å². The molecule has 2 aliphatic rings. The lowest BCUT2D eigenvalue weighted by Crippen LogP contribution is -2.53. The van der Waals surface area contributed by atoms with Gasteiger partial charge in [0.05, 0.1) is 11.6 Å². The summed E-state index contributed by atoms with van der Waals surface area (Å²) in [7, 11) is 0. The van der Waals surface area contributed by atoms with Crippen LogP contribution < -0.4 is 10.2 Å². The van der Waals surface area contributed by atoms with Gasteiger partial charge in [0.2, 0.25) is 6.41 Å². The summed E-state index contributed by atoms with van der Waals surface area (Å²) in [4.78, 5) is 19.3. The fraction of sp³-hybridized carbons (Fsp3) is 0.565. The highest BCUT2D eigenvalue weighted by Gasteiger charge is 2.27. The van der Waals surface area contributed by atoms with Crippen LogP contribution in [-0.2, 0) is 4.79 Å². The van der Waals surface area contributed by atoms with Gasteiger partial charge in [0.25, 0.3) is 6.43 Å². The number of alkyl halides is 2. The van der Waals surface area contributed by atoms with Crippen LogP contribution in [0.3, 0.4) is 0 Å². The molecular weight excluding hydrogens is 402 g/mol. The maximum absolute atomic E-state index is 13.2. The molecule has 4 rings (SSSR count). The van der Waals surface area contributed by atoms with E-state index in [-0.39, 0.29) is 17.7 Å². The molecule has 31 heavy (non-hydrogen) atoms. The number of hydrogen-bond donors (Lipinski definition) is 2. The molecule has 3 heterocycles. The molecule has 170 valence electrons. The number of nitrogens with one attached hydrogen (secondary N) is 1. The molecule has 8 heteroatoms. The van der Waals surface area contributed by atoms with Gasteiger partial charge in [-0.05, 0) is 50.5 Å². The second kappa shape index (κ2) is 10.3. The molecule has 2 fully saturated rings. The lowest BCUT2D eigenvalue weighted by atomic mass is 9.94. The minimum absolute atomic E-state index is 0.0441. The van der Waals surface area contributed by atoms with Crippen molar-refractivity contribution in [2.75, 3.05) is 31.1 Å². The van der Waals surface area contributed by atoms with Crippen molar-refractivity contribution in [2.24, 2.45) is 5.92 Å². The number of aromatic nitrogens is 1. The first-order chi connectivity index (χ1) is 14.8. The Labute approximate surface area is 182 Å². The van der Waals surface area contributed by atoms with Crippen LogP contribution in [0.1, 0.15) is 39.2 Å². The third kappa shape index (κ3) is 5.68. The van der Waals surface area contributed by atoms with Gasteiger partial charge in [-0.3, -0.25) is 14.7 Å². The van der Waals surface area contributed by atoms with Crippen molar-refractivity contribution >= 4 is 23.0 Å². The molecule has 1 aromatic heterocycles. The molecule has 2 N–H and O–H groups in total. The highest BCUT2D eigenvalue weighted by Crippen LogP contribution is 2.34. The summed E-state index contributed by atoms with van der Waals surface area (Å²) in [6.45, 7) is 9.66. The largest absolute Gasteiger partial charge is 0.390 e. The van der Waals surface area contributed by atoms with Gasteiger partial charge in [0, 0.05) is 61.1 Å². The quantitative estimate of drug-likeness (QED) is 0.708. The van der Waals surface area contributed by atoms with E-state index < -0.39 is 6.43 Å². The van der Waals surface area contributed by atoms with Gasteiger partial charge >= 0.3 is 0 Å². The molecule has 1 amide bonds. The van der Waals surface area contributed by atoms with E-state index in [2.05, 4.69) is 40.9 Å². The van der Waals surface area contributed by atoms with Crippen LogP contribution in [0, 0.1) is 5.92 Å². The van der Waals surface area contributed by atoms with Crippen molar-refractivity contribution in [2.45, 2.75) is 51.8 Å². The Morgan fingerprint density at radius 2 is 1.94 bits per heavy atom. The molecule has 2 saturated heterocycles. The number of hydrogen-bond acceptors (Lipinski definition) is 5. The van der Waals surface area contributed by atoms with E-state index in [4.69, 9.17) is 5.11 Å². The van der Waals surface area contributed by atoms with Crippen LogP contribution in [0.15, 0.2) is 30.5 Å². The summed E-state index contributed by atoms with van der Waals surface area (Å²) in [5.41, 5.74) is 1.19. The number of piperidine rings is 1. The van der Waals surface area contributed by atoms with E-state index in [9.17, 15) is 13.6 Å². The molecular formula is C23H32F2N4O2. The van der Waals surface area contributed by atoms with E-state index in [0.717, 1.165) is 43.5 Å². The lowest BCUT2D eigenvalue weighted by molar-refractivity contribution is -0.110. The Morgan fingerprint density at radius 1 is 1.19 bits per heavy atom.